The summed E-state index contributed by atoms with van der Waals surface area (Å²) in [5, 5.41) is 0.995. The molecule has 2 aliphatic carbocycles. The van der Waals surface area contributed by atoms with Crippen molar-refractivity contribution in [3.05, 3.63) is 52.6 Å². The van der Waals surface area contributed by atoms with E-state index in [0.29, 0.717) is 33.0 Å². The van der Waals surface area contributed by atoms with Gasteiger partial charge in [0.05, 0.1) is 9.73 Å². The normalized spacial score (nSPS) is 14.8. The number of hydrogen-bond donors (Lipinski definition) is 0. The Hall–Kier alpha value is -2.49. The Morgan fingerprint density at radius 1 is 0.600 bits per heavy atom. The van der Waals surface area contributed by atoms with E-state index in [9.17, 15) is 25.3 Å². The molecule has 0 aromatic heterocycles. The van der Waals surface area contributed by atoms with Crippen molar-refractivity contribution in [1.29, 1.82) is 0 Å². The van der Waals surface area contributed by atoms with E-state index in [4.69, 9.17) is 0 Å². The molecule has 0 saturated carbocycles. The highest BCUT2D eigenvalue weighted by atomic mass is 32.2. The van der Waals surface area contributed by atoms with E-state index in [1.807, 2.05) is 0 Å². The van der Waals surface area contributed by atoms with Gasteiger partial charge in [-0.2, -0.15) is 25.3 Å². The van der Waals surface area contributed by atoms with E-state index in [-0.39, 0.29) is 21.0 Å². The van der Waals surface area contributed by atoms with Crippen molar-refractivity contribution in [2.75, 3.05) is 0 Å². The second kappa shape index (κ2) is 5.51. The van der Waals surface area contributed by atoms with Gasteiger partial charge in [-0.15, -0.1) is 0 Å². The van der Waals surface area contributed by atoms with Crippen LogP contribution in [-0.4, -0.2) is 39.8 Å². The molecule has 0 aliphatic heterocycles. The van der Waals surface area contributed by atoms with E-state index >= 15 is 0 Å². The smallest absolute Gasteiger partial charge is 0.184 e. The van der Waals surface area contributed by atoms with Crippen molar-refractivity contribution < 1.29 is 25.3 Å². The molecule has 2 aromatic carbocycles. The molecule has 2 aliphatic rings. The Morgan fingerprint density at radius 2 is 1.16 bits per heavy atom. The summed E-state index contributed by atoms with van der Waals surface area (Å²) in [4.78, 5) is 0.0425. The van der Waals surface area contributed by atoms with Crippen LogP contribution in [0.1, 0.15) is 28.7 Å². The molecule has 25 heavy (non-hydrogen) atoms. The molecule has 6 nitrogen and oxygen atoms in total. The Bertz CT molecular complexity index is 1380. The maximum atomic E-state index is 11.6. The van der Waals surface area contributed by atoms with E-state index in [2.05, 4.69) is 0 Å². The first-order valence-electron chi connectivity index (χ1n) is 7.05. The molecule has 126 valence electrons. The number of rotatable bonds is 0. The summed E-state index contributed by atoms with van der Waals surface area (Å²) < 4.78 is 69.5. The molecule has 0 atom stereocenters. The van der Waals surface area contributed by atoms with Gasteiger partial charge in [-0.05, 0) is 22.4 Å². The Balaban J connectivity index is 2.38. The molecule has 0 saturated heterocycles. The first-order valence-corrected chi connectivity index (χ1v) is 10.3. The molecule has 0 spiro atoms. The van der Waals surface area contributed by atoms with Gasteiger partial charge in [0.25, 0.3) is 0 Å². The molecule has 0 radical (unpaired) electrons. The predicted octanol–water partition coefficient (Wildman–Crippen LogP) is 0.469. The first kappa shape index (κ1) is 16.0. The number of benzene rings is 2. The van der Waals surface area contributed by atoms with Crippen LogP contribution >= 0.6 is 0 Å². The van der Waals surface area contributed by atoms with Crippen LogP contribution in [0, 0.1) is 0 Å². The minimum absolute atomic E-state index is 0.0188. The van der Waals surface area contributed by atoms with Crippen molar-refractivity contribution in [2.45, 2.75) is 6.42 Å². The lowest BCUT2D eigenvalue weighted by atomic mass is 9.82. The standard InChI is InChI=1S/C16H8O6S3/c17-23(18)12-6-2-8-1-3-10-13(24(19)20)7-14(25(21)22)11-5-4-9(12)15(8)16(10)11/h1-6H,7H2. The lowest BCUT2D eigenvalue weighted by molar-refractivity contribution is 0.625. The largest absolute Gasteiger partial charge is 0.222 e. The maximum Gasteiger partial charge on any atom is 0.222 e. The van der Waals surface area contributed by atoms with Crippen LogP contribution in [0.4, 0.5) is 0 Å². The summed E-state index contributed by atoms with van der Waals surface area (Å²) in [6, 6.07) is 6.43. The van der Waals surface area contributed by atoms with Crippen LogP contribution in [-0.2, 0) is 30.9 Å². The van der Waals surface area contributed by atoms with Gasteiger partial charge in [0.1, 0.15) is 4.86 Å². The van der Waals surface area contributed by atoms with Crippen molar-refractivity contribution in [3.63, 3.8) is 0 Å². The van der Waals surface area contributed by atoms with Crippen molar-refractivity contribution in [1.82, 2.24) is 0 Å². The summed E-state index contributed by atoms with van der Waals surface area (Å²) in [5.74, 6) is 0. The molecule has 0 unspecified atom stereocenters. The highest BCUT2D eigenvalue weighted by molar-refractivity contribution is 7.75. The lowest BCUT2D eigenvalue weighted by Crippen LogP contribution is -2.21. The van der Waals surface area contributed by atoms with E-state index in [1.165, 1.54) is 12.1 Å². The molecule has 2 aromatic rings. The lowest BCUT2D eigenvalue weighted by Gasteiger charge is -2.22. The zero-order valence-electron chi connectivity index (χ0n) is 12.3. The highest BCUT2D eigenvalue weighted by Gasteiger charge is 2.28. The fourth-order valence-electron chi connectivity index (χ4n) is 3.37. The fraction of sp³-hybridized carbons (Fsp3) is 0.0625. The van der Waals surface area contributed by atoms with Gasteiger partial charge in [-0.3, -0.25) is 0 Å². The third kappa shape index (κ3) is 2.24. The van der Waals surface area contributed by atoms with Gasteiger partial charge in [0, 0.05) is 23.1 Å². The third-order valence-corrected chi connectivity index (χ3v) is 6.62. The first-order chi connectivity index (χ1) is 11.9. The zero-order chi connectivity index (χ0) is 17.9. The predicted molar refractivity (Wildman–Crippen MR) is 96.7 cm³/mol. The molecule has 0 fully saturated rings. The minimum atomic E-state index is -2.59. The number of allylic oxidation sites excluding steroid dienone is 1. The van der Waals surface area contributed by atoms with Gasteiger partial charge in [0.15, 0.2) is 0 Å². The van der Waals surface area contributed by atoms with Crippen LogP contribution < -0.4 is 0 Å². The van der Waals surface area contributed by atoms with Crippen LogP contribution in [0.15, 0.2) is 30.3 Å². The van der Waals surface area contributed by atoms with E-state index < -0.39 is 30.9 Å². The molecule has 0 bridgehead atoms. The molecule has 4 rings (SSSR count). The average Bonchev–Trinajstić information content (AvgIpc) is 2.58. The second-order valence-corrected chi connectivity index (χ2v) is 8.37. The van der Waals surface area contributed by atoms with Crippen LogP contribution in [0.3, 0.4) is 0 Å². The Morgan fingerprint density at radius 3 is 1.72 bits per heavy atom. The second-order valence-electron chi connectivity index (χ2n) is 5.54. The average molecular weight is 392 g/mol. The van der Waals surface area contributed by atoms with Crippen molar-refractivity contribution in [3.8, 4) is 0 Å². The van der Waals surface area contributed by atoms with E-state index in [1.54, 1.807) is 24.3 Å². The van der Waals surface area contributed by atoms with Gasteiger partial charge in [-0.25, -0.2) is 0 Å². The van der Waals surface area contributed by atoms with Gasteiger partial charge < -0.3 is 0 Å². The zero-order valence-corrected chi connectivity index (χ0v) is 14.8. The Labute approximate surface area is 146 Å². The van der Waals surface area contributed by atoms with Crippen LogP contribution in [0.5, 0.6) is 0 Å². The summed E-state index contributed by atoms with van der Waals surface area (Å²) in [5.41, 5.74) is 1.95. The monoisotopic (exact) mass is 392 g/mol. The van der Waals surface area contributed by atoms with Crippen molar-refractivity contribution in [2.24, 2.45) is 0 Å². The Kier molecular flexibility index (Phi) is 3.53. The summed E-state index contributed by atoms with van der Waals surface area (Å²) in [6.45, 7) is 0. The minimum Gasteiger partial charge on any atom is -0.184 e. The van der Waals surface area contributed by atoms with Gasteiger partial charge >= 0.3 is 0 Å². The topological polar surface area (TPSA) is 102 Å². The maximum absolute atomic E-state index is 11.6. The molecule has 9 heteroatoms. The SMILES string of the molecule is O=S(=O)=C1C=Cc2ccc3c4c(ccc1c24)C(=S(=O)=O)CC3=S(=O)=O. The van der Waals surface area contributed by atoms with Crippen LogP contribution in [0.25, 0.3) is 16.8 Å². The quantitative estimate of drug-likeness (QED) is 0.604. The number of hydrogen-bond acceptors (Lipinski definition) is 6. The molecule has 0 N–H and O–H groups in total. The van der Waals surface area contributed by atoms with E-state index in [0.717, 1.165) is 0 Å². The van der Waals surface area contributed by atoms with Gasteiger partial charge in [0.2, 0.25) is 30.9 Å². The molecule has 0 amide bonds. The summed E-state index contributed by atoms with van der Waals surface area (Å²) in [6.07, 6.45) is 2.88. The molecular weight excluding hydrogens is 384 g/mol. The van der Waals surface area contributed by atoms with Crippen LogP contribution in [0.2, 0.25) is 0 Å². The fourth-order valence-corrected chi connectivity index (χ4v) is 5.21. The summed E-state index contributed by atoms with van der Waals surface area (Å²) >= 11 is 0. The third-order valence-electron chi connectivity index (χ3n) is 4.38. The van der Waals surface area contributed by atoms with Crippen molar-refractivity contribution >= 4 is 62.3 Å². The van der Waals surface area contributed by atoms with Gasteiger partial charge in [-0.1, -0.05) is 30.3 Å². The molecular formula is C16H8O6S3. The molecule has 0 heterocycles. The summed E-state index contributed by atoms with van der Waals surface area (Å²) in [7, 11) is -7.66. The highest BCUT2D eigenvalue weighted by Crippen LogP contribution is 2.37.